The molecule has 1 fully saturated rings. The molecule has 12 nitrogen and oxygen atoms in total. The van der Waals surface area contributed by atoms with Crippen LogP contribution in [-0.4, -0.2) is 90.8 Å². The van der Waals surface area contributed by atoms with Crippen LogP contribution in [-0.2, 0) is 27.2 Å². The number of carbonyl (C=O) groups excluding carboxylic acids is 2. The monoisotopic (exact) mass is 577 g/mol. The molecule has 0 spiro atoms. The summed E-state index contributed by atoms with van der Waals surface area (Å²) in [5.74, 6) is -1.41. The number of amides is 1. The van der Waals surface area contributed by atoms with E-state index in [1.54, 1.807) is 0 Å². The lowest BCUT2D eigenvalue weighted by Gasteiger charge is -2.39. The molecule has 41 heavy (non-hydrogen) atoms. The second-order valence-corrected chi connectivity index (χ2v) is 11.2. The van der Waals surface area contributed by atoms with E-state index < -0.39 is 55.2 Å². The van der Waals surface area contributed by atoms with Crippen LogP contribution in [0.15, 0.2) is 18.2 Å². The van der Waals surface area contributed by atoms with Crippen LogP contribution in [0.2, 0.25) is 0 Å². The van der Waals surface area contributed by atoms with Gasteiger partial charge in [-0.25, -0.2) is 0 Å². The van der Waals surface area contributed by atoms with Gasteiger partial charge >= 0.3 is 0 Å². The van der Waals surface area contributed by atoms with Crippen molar-refractivity contribution >= 4 is 11.7 Å². The zero-order valence-electron chi connectivity index (χ0n) is 24.0. The number of nitrogens with two attached hydrogens (primary N) is 1. The van der Waals surface area contributed by atoms with Gasteiger partial charge in [-0.3, -0.25) is 14.7 Å². The molecule has 1 aliphatic rings. The fourth-order valence-electron chi connectivity index (χ4n) is 5.03. The molecule has 7 atom stereocenters. The summed E-state index contributed by atoms with van der Waals surface area (Å²) >= 11 is 0. The third-order valence-corrected chi connectivity index (χ3v) is 7.61. The molecular formula is C29H43N3O9. The highest BCUT2D eigenvalue weighted by atomic mass is 16.7. The van der Waals surface area contributed by atoms with Crippen molar-refractivity contribution in [2.24, 2.45) is 11.7 Å². The number of hydrogen-bond acceptors (Lipinski definition) is 10. The van der Waals surface area contributed by atoms with Gasteiger partial charge < -0.3 is 40.7 Å². The summed E-state index contributed by atoms with van der Waals surface area (Å²) in [5.41, 5.74) is 9.94. The van der Waals surface area contributed by atoms with Crippen molar-refractivity contribution in [2.75, 3.05) is 6.61 Å². The summed E-state index contributed by atoms with van der Waals surface area (Å²) in [6.45, 7) is 6.87. The van der Waals surface area contributed by atoms with E-state index in [9.17, 15) is 35.1 Å². The first kappa shape index (κ1) is 32.6. The van der Waals surface area contributed by atoms with Crippen LogP contribution in [0.3, 0.4) is 0 Å². The predicted molar refractivity (Wildman–Crippen MR) is 148 cm³/mol. The summed E-state index contributed by atoms with van der Waals surface area (Å²) in [5, 5.41) is 57.0. The summed E-state index contributed by atoms with van der Waals surface area (Å²) in [4.78, 5) is 23.7. The molecule has 2 aromatic rings. The third kappa shape index (κ3) is 8.12. The van der Waals surface area contributed by atoms with Crippen LogP contribution >= 0.6 is 0 Å². The second kappa shape index (κ2) is 14.3. The fraction of sp³-hybridized carbons (Fsp3) is 0.621. The van der Waals surface area contributed by atoms with E-state index >= 15 is 0 Å². The van der Waals surface area contributed by atoms with E-state index in [0.717, 1.165) is 27.9 Å². The van der Waals surface area contributed by atoms with Crippen molar-refractivity contribution in [2.45, 2.75) is 103 Å². The number of Topliss-reactive ketones (excluding diaryl/α,β-unsaturated/α-hetero) is 1. The number of aliphatic hydroxyl groups is 5. The molecule has 1 aromatic heterocycles. The van der Waals surface area contributed by atoms with Crippen LogP contribution in [0.1, 0.15) is 73.9 Å². The summed E-state index contributed by atoms with van der Waals surface area (Å²) < 4.78 is 11.4. The van der Waals surface area contributed by atoms with Crippen LogP contribution in [0.5, 0.6) is 5.88 Å². The van der Waals surface area contributed by atoms with Gasteiger partial charge in [-0.05, 0) is 49.3 Å². The highest BCUT2D eigenvalue weighted by Crippen LogP contribution is 2.32. The van der Waals surface area contributed by atoms with E-state index in [1.165, 1.54) is 6.92 Å². The molecule has 1 saturated heterocycles. The van der Waals surface area contributed by atoms with Gasteiger partial charge in [0.1, 0.15) is 30.2 Å². The number of ketones is 1. The molecule has 0 saturated carbocycles. The number of carbonyl (C=O) groups is 2. The predicted octanol–water partition coefficient (Wildman–Crippen LogP) is 0.375. The van der Waals surface area contributed by atoms with Gasteiger partial charge in [0.25, 0.3) is 0 Å². The summed E-state index contributed by atoms with van der Waals surface area (Å²) in [6, 6.07) is 6.04. The Kier molecular flexibility index (Phi) is 11.4. The lowest BCUT2D eigenvalue weighted by molar-refractivity contribution is -0.278. The van der Waals surface area contributed by atoms with Crippen LogP contribution in [0.4, 0.5) is 0 Å². The molecule has 3 rings (SSSR count). The lowest BCUT2D eigenvalue weighted by Crippen LogP contribution is -2.60. The minimum atomic E-state index is -1.56. The number of rotatable bonds is 14. The Balaban J connectivity index is 1.69. The molecule has 1 amide bonds. The standard InChI is InChI=1S/C29H43N3O9/c1-14(2)23-21(28(32-31-23)41-29-26(38)25(37)24(36)22(13-33)40-29)11-18-9-8-17(10-15(18)3)6-5-7-19(35)12-20(16(4)34)27(30)39/h8-10,14,16,20,22,24-26,29,33-34,36-38H,5-7,11-13H2,1-4H3,(H2,30,39)(H,31,32)/t16-,20+,22-,24-,25+,26-,29+/m1/s1. The average Bonchev–Trinajstić information content (AvgIpc) is 3.30. The highest BCUT2D eigenvalue weighted by Gasteiger charge is 2.45. The smallest absolute Gasteiger partial charge is 0.238 e. The molecule has 0 aliphatic carbocycles. The first-order chi connectivity index (χ1) is 19.3. The Hall–Kier alpha value is -2.87. The number of aromatic nitrogens is 2. The van der Waals surface area contributed by atoms with Gasteiger partial charge in [-0.15, -0.1) is 5.10 Å². The van der Waals surface area contributed by atoms with E-state index in [4.69, 9.17) is 15.2 Å². The SMILES string of the molecule is Cc1cc(CCCC(=O)C[C@H](C(N)=O)[C@@H](C)O)ccc1Cc1c(O[C@@H]2O[C@H](CO)[C@@H](O)[C@H](O)[C@H]2O)n[nH]c1C(C)C. The zero-order chi connectivity index (χ0) is 30.4. The molecule has 12 heteroatoms. The normalized spacial score (nSPS) is 24.3. The number of aliphatic hydroxyl groups excluding tert-OH is 5. The van der Waals surface area contributed by atoms with Crippen LogP contribution < -0.4 is 10.5 Å². The second-order valence-electron chi connectivity index (χ2n) is 11.2. The largest absolute Gasteiger partial charge is 0.443 e. The fourth-order valence-corrected chi connectivity index (χ4v) is 5.03. The van der Waals surface area contributed by atoms with Gasteiger partial charge in [-0.1, -0.05) is 32.0 Å². The van der Waals surface area contributed by atoms with Crippen molar-refractivity contribution in [1.29, 1.82) is 0 Å². The summed E-state index contributed by atoms with van der Waals surface area (Å²) in [7, 11) is 0. The minimum absolute atomic E-state index is 0.0681. The van der Waals surface area contributed by atoms with Crippen LogP contribution in [0, 0.1) is 12.8 Å². The van der Waals surface area contributed by atoms with Gasteiger partial charge in [0.05, 0.1) is 18.6 Å². The molecular weight excluding hydrogens is 534 g/mol. The molecule has 2 heterocycles. The number of nitrogens with zero attached hydrogens (tertiary/aromatic N) is 1. The van der Waals surface area contributed by atoms with Crippen LogP contribution in [0.25, 0.3) is 0 Å². The zero-order valence-corrected chi connectivity index (χ0v) is 24.0. The number of nitrogens with one attached hydrogen (secondary N) is 1. The summed E-state index contributed by atoms with van der Waals surface area (Å²) in [6.07, 6.45) is -6.10. The Labute approximate surface area is 239 Å². The van der Waals surface area contributed by atoms with Gasteiger partial charge in [0, 0.05) is 30.5 Å². The Morgan fingerprint density at radius 1 is 1.15 bits per heavy atom. The Morgan fingerprint density at radius 2 is 1.85 bits per heavy atom. The third-order valence-electron chi connectivity index (χ3n) is 7.61. The van der Waals surface area contributed by atoms with Gasteiger partial charge in [0.15, 0.2) is 0 Å². The number of aromatic amines is 1. The first-order valence-corrected chi connectivity index (χ1v) is 14.0. The maximum atomic E-state index is 12.3. The number of aryl methyl sites for hydroxylation is 2. The van der Waals surface area contributed by atoms with Crippen molar-refractivity contribution in [3.63, 3.8) is 0 Å². The Morgan fingerprint density at radius 3 is 2.44 bits per heavy atom. The van der Waals surface area contributed by atoms with E-state index in [2.05, 4.69) is 16.3 Å². The van der Waals surface area contributed by atoms with E-state index in [0.29, 0.717) is 19.3 Å². The number of primary amides is 1. The molecule has 8 N–H and O–H groups in total. The number of hydrogen-bond donors (Lipinski definition) is 7. The number of benzene rings is 1. The van der Waals surface area contributed by atoms with E-state index in [-0.39, 0.29) is 30.4 Å². The van der Waals surface area contributed by atoms with Crippen molar-refractivity contribution in [1.82, 2.24) is 10.2 Å². The minimum Gasteiger partial charge on any atom is -0.443 e. The topological polar surface area (TPSA) is 208 Å². The van der Waals surface area contributed by atoms with Crippen molar-refractivity contribution in [3.8, 4) is 5.88 Å². The molecule has 0 unspecified atom stereocenters. The first-order valence-electron chi connectivity index (χ1n) is 14.0. The number of ether oxygens (including phenoxy) is 2. The maximum Gasteiger partial charge on any atom is 0.238 e. The quantitative estimate of drug-likeness (QED) is 0.164. The van der Waals surface area contributed by atoms with Crippen molar-refractivity contribution < 1.29 is 44.6 Å². The molecule has 0 radical (unpaired) electrons. The lowest BCUT2D eigenvalue weighted by atomic mass is 9.93. The molecule has 0 bridgehead atoms. The van der Waals surface area contributed by atoms with Crippen molar-refractivity contribution in [3.05, 3.63) is 46.1 Å². The molecule has 1 aromatic carbocycles. The molecule has 1 aliphatic heterocycles. The number of H-pyrrole nitrogens is 1. The molecule has 228 valence electrons. The van der Waals surface area contributed by atoms with Gasteiger partial charge in [-0.2, -0.15) is 0 Å². The highest BCUT2D eigenvalue weighted by molar-refractivity contribution is 5.86. The van der Waals surface area contributed by atoms with Gasteiger partial charge in [0.2, 0.25) is 18.1 Å². The maximum absolute atomic E-state index is 12.3. The average molecular weight is 578 g/mol. The Bertz CT molecular complexity index is 1180. The van der Waals surface area contributed by atoms with E-state index in [1.807, 2.05) is 32.9 Å².